The number of aldehydes is 1. The third-order valence-electron chi connectivity index (χ3n) is 1.70. The zero-order valence-electron chi connectivity index (χ0n) is 7.83. The predicted octanol–water partition coefficient (Wildman–Crippen LogP) is 2.06. The molecule has 0 fully saturated rings. The van der Waals surface area contributed by atoms with Gasteiger partial charge in [0.1, 0.15) is 12.0 Å². The van der Waals surface area contributed by atoms with Crippen LogP contribution < -0.4 is 4.74 Å². The van der Waals surface area contributed by atoms with Crippen LogP contribution >= 0.6 is 11.6 Å². The van der Waals surface area contributed by atoms with Gasteiger partial charge >= 0.3 is 0 Å². The van der Waals surface area contributed by atoms with Gasteiger partial charge in [0.25, 0.3) is 0 Å². The molecule has 0 saturated heterocycles. The number of carbonyl (C=O) groups excluding carboxylic acids is 1. The van der Waals surface area contributed by atoms with Gasteiger partial charge in [-0.3, -0.25) is 0 Å². The molecule has 1 aromatic rings. The number of hydrogen-bond donors (Lipinski definition) is 0. The summed E-state index contributed by atoms with van der Waals surface area (Å²) in [5.41, 5.74) is 0.696. The molecule has 0 amide bonds. The molecular weight excluding hydrogens is 204 g/mol. The van der Waals surface area contributed by atoms with Gasteiger partial charge in [-0.2, -0.15) is 0 Å². The van der Waals surface area contributed by atoms with Crippen molar-refractivity contribution < 1.29 is 14.3 Å². The summed E-state index contributed by atoms with van der Waals surface area (Å²) >= 11 is 5.91. The van der Waals surface area contributed by atoms with Crippen molar-refractivity contribution in [2.24, 2.45) is 0 Å². The number of methoxy groups -OCH3 is 1. The molecule has 0 aliphatic rings. The van der Waals surface area contributed by atoms with Gasteiger partial charge in [0.15, 0.2) is 6.79 Å². The summed E-state index contributed by atoms with van der Waals surface area (Å²) in [5.74, 6) is 0.589. The van der Waals surface area contributed by atoms with Crippen LogP contribution in [0, 0.1) is 0 Å². The Bertz CT molecular complexity index is 312. The van der Waals surface area contributed by atoms with Crippen molar-refractivity contribution in [1.82, 2.24) is 0 Å². The molecular formula is C10H11ClO3. The zero-order chi connectivity index (χ0) is 10.4. The minimum Gasteiger partial charge on any atom is -0.467 e. The highest BCUT2D eigenvalue weighted by Gasteiger charge is 2.06. The Morgan fingerprint density at radius 3 is 2.93 bits per heavy atom. The minimum absolute atomic E-state index is 0.145. The van der Waals surface area contributed by atoms with Gasteiger partial charge in [-0.25, -0.2) is 0 Å². The monoisotopic (exact) mass is 214 g/mol. The van der Waals surface area contributed by atoms with E-state index in [2.05, 4.69) is 0 Å². The number of hydrogen-bond acceptors (Lipinski definition) is 3. The van der Waals surface area contributed by atoms with E-state index >= 15 is 0 Å². The molecule has 0 bridgehead atoms. The fourth-order valence-corrected chi connectivity index (χ4v) is 1.32. The number of benzene rings is 1. The molecule has 0 unspecified atom stereocenters. The van der Waals surface area contributed by atoms with E-state index < -0.39 is 0 Å². The van der Waals surface area contributed by atoms with Gasteiger partial charge in [0.05, 0.1) is 0 Å². The Balaban J connectivity index is 2.89. The second-order valence-corrected chi connectivity index (χ2v) is 3.05. The number of rotatable bonds is 5. The third-order valence-corrected chi connectivity index (χ3v) is 2.05. The Morgan fingerprint density at radius 1 is 1.50 bits per heavy atom. The Hall–Kier alpha value is -1.06. The van der Waals surface area contributed by atoms with Crippen LogP contribution in [-0.2, 0) is 16.0 Å². The van der Waals surface area contributed by atoms with E-state index in [1.165, 1.54) is 7.11 Å². The van der Waals surface area contributed by atoms with Gasteiger partial charge in [-0.1, -0.05) is 17.7 Å². The SMILES string of the molecule is COCOc1cccc(Cl)c1CC=O. The highest BCUT2D eigenvalue weighted by molar-refractivity contribution is 6.31. The van der Waals surface area contributed by atoms with E-state index in [-0.39, 0.29) is 13.2 Å². The molecule has 76 valence electrons. The molecule has 0 aliphatic carbocycles. The van der Waals surface area contributed by atoms with Gasteiger partial charge in [-0.05, 0) is 12.1 Å². The number of carbonyl (C=O) groups is 1. The van der Waals surface area contributed by atoms with E-state index in [0.29, 0.717) is 16.3 Å². The van der Waals surface area contributed by atoms with E-state index in [9.17, 15) is 4.79 Å². The summed E-state index contributed by atoms with van der Waals surface area (Å²) in [4.78, 5) is 10.4. The van der Waals surface area contributed by atoms with Gasteiger partial charge in [-0.15, -0.1) is 0 Å². The first-order chi connectivity index (χ1) is 6.79. The van der Waals surface area contributed by atoms with Crippen LogP contribution in [0.5, 0.6) is 5.75 Å². The number of halogens is 1. The van der Waals surface area contributed by atoms with Crippen molar-refractivity contribution in [3.63, 3.8) is 0 Å². The number of ether oxygens (including phenoxy) is 2. The van der Waals surface area contributed by atoms with Crippen LogP contribution in [0.4, 0.5) is 0 Å². The van der Waals surface area contributed by atoms with Crippen molar-refractivity contribution in [2.75, 3.05) is 13.9 Å². The van der Waals surface area contributed by atoms with Crippen LogP contribution in [0.3, 0.4) is 0 Å². The summed E-state index contributed by atoms with van der Waals surface area (Å²) in [6.07, 6.45) is 1.04. The first-order valence-corrected chi connectivity index (χ1v) is 4.50. The molecule has 0 atom stereocenters. The molecule has 3 nitrogen and oxygen atoms in total. The molecule has 4 heteroatoms. The standard InChI is InChI=1S/C10H11ClO3/c1-13-7-14-10-4-2-3-9(11)8(10)5-6-12/h2-4,6H,5,7H2,1H3. The Labute approximate surface area is 87.6 Å². The fourth-order valence-electron chi connectivity index (χ4n) is 1.08. The molecule has 1 aromatic carbocycles. The maximum Gasteiger partial charge on any atom is 0.188 e. The second kappa shape index (κ2) is 5.62. The van der Waals surface area contributed by atoms with Gasteiger partial charge in [0.2, 0.25) is 0 Å². The molecule has 0 saturated carbocycles. The molecule has 0 radical (unpaired) electrons. The largest absolute Gasteiger partial charge is 0.467 e. The zero-order valence-corrected chi connectivity index (χ0v) is 8.58. The summed E-state index contributed by atoms with van der Waals surface area (Å²) < 4.78 is 10.0. The maximum absolute atomic E-state index is 10.4. The van der Waals surface area contributed by atoms with Crippen LogP contribution in [0.2, 0.25) is 5.02 Å². The van der Waals surface area contributed by atoms with Crippen molar-refractivity contribution >= 4 is 17.9 Å². The molecule has 14 heavy (non-hydrogen) atoms. The molecule has 0 aliphatic heterocycles. The van der Waals surface area contributed by atoms with Crippen LogP contribution in [-0.4, -0.2) is 20.2 Å². The highest BCUT2D eigenvalue weighted by Crippen LogP contribution is 2.26. The molecule has 0 heterocycles. The quantitative estimate of drug-likeness (QED) is 0.556. The molecule has 1 rings (SSSR count). The first kappa shape index (κ1) is 11.0. The summed E-state index contributed by atoms with van der Waals surface area (Å²) in [7, 11) is 1.53. The fraction of sp³-hybridized carbons (Fsp3) is 0.300. The highest BCUT2D eigenvalue weighted by atomic mass is 35.5. The van der Waals surface area contributed by atoms with Crippen molar-refractivity contribution in [2.45, 2.75) is 6.42 Å². The lowest BCUT2D eigenvalue weighted by molar-refractivity contribution is -0.107. The van der Waals surface area contributed by atoms with E-state index in [4.69, 9.17) is 21.1 Å². The lowest BCUT2D eigenvalue weighted by atomic mass is 10.1. The van der Waals surface area contributed by atoms with E-state index in [1.807, 2.05) is 0 Å². The normalized spacial score (nSPS) is 9.86. The van der Waals surface area contributed by atoms with Gasteiger partial charge in [0, 0.05) is 24.1 Å². The first-order valence-electron chi connectivity index (χ1n) is 4.12. The Morgan fingerprint density at radius 2 is 2.29 bits per heavy atom. The predicted molar refractivity (Wildman–Crippen MR) is 53.7 cm³/mol. The maximum atomic E-state index is 10.4. The summed E-state index contributed by atoms with van der Waals surface area (Å²) in [5, 5.41) is 0.533. The van der Waals surface area contributed by atoms with Crippen LogP contribution in [0.15, 0.2) is 18.2 Å². The van der Waals surface area contributed by atoms with E-state index in [0.717, 1.165) is 6.29 Å². The summed E-state index contributed by atoms with van der Waals surface area (Å²) in [6, 6.07) is 5.24. The molecule has 0 aromatic heterocycles. The average molecular weight is 215 g/mol. The van der Waals surface area contributed by atoms with Crippen molar-refractivity contribution in [3.8, 4) is 5.75 Å². The topological polar surface area (TPSA) is 35.5 Å². The van der Waals surface area contributed by atoms with Gasteiger partial charge < -0.3 is 14.3 Å². The lowest BCUT2D eigenvalue weighted by Crippen LogP contribution is -2.02. The van der Waals surface area contributed by atoms with Crippen LogP contribution in [0.25, 0.3) is 0 Å². The smallest absolute Gasteiger partial charge is 0.188 e. The Kier molecular flexibility index (Phi) is 4.43. The summed E-state index contributed by atoms with van der Waals surface area (Å²) in [6.45, 7) is 0.145. The van der Waals surface area contributed by atoms with Crippen LogP contribution in [0.1, 0.15) is 5.56 Å². The second-order valence-electron chi connectivity index (χ2n) is 2.64. The van der Waals surface area contributed by atoms with E-state index in [1.54, 1.807) is 18.2 Å². The molecule has 0 spiro atoms. The van der Waals surface area contributed by atoms with Crippen molar-refractivity contribution in [1.29, 1.82) is 0 Å². The minimum atomic E-state index is 0.145. The average Bonchev–Trinajstić information content (AvgIpc) is 2.19. The lowest BCUT2D eigenvalue weighted by Gasteiger charge is -2.09. The van der Waals surface area contributed by atoms with Crippen molar-refractivity contribution in [3.05, 3.63) is 28.8 Å². The molecule has 0 N–H and O–H groups in total. The third kappa shape index (κ3) is 2.72.